The molecule has 1 aromatic heterocycles. The van der Waals surface area contributed by atoms with E-state index in [1.165, 1.54) is 24.3 Å². The van der Waals surface area contributed by atoms with Crippen LogP contribution in [0.2, 0.25) is 0 Å². The summed E-state index contributed by atoms with van der Waals surface area (Å²) in [6, 6.07) is 14.7. The number of nitrogens with one attached hydrogen (secondary N) is 1. The second-order valence-corrected chi connectivity index (χ2v) is 4.11. The summed E-state index contributed by atoms with van der Waals surface area (Å²) in [5.74, 6) is -0.377. The number of hydrogen-bond acceptors (Lipinski definition) is 3. The Bertz CT molecular complexity index is 781. The maximum atomic E-state index is 13.3. The first-order valence-electron chi connectivity index (χ1n) is 5.78. The molecule has 3 nitrogen and oxygen atoms in total. The molecular weight excluding hydrogens is 245 g/mol. The molecule has 0 atom stereocenters. The summed E-state index contributed by atoms with van der Waals surface area (Å²) in [6.07, 6.45) is 0. The highest BCUT2D eigenvalue weighted by molar-refractivity contribution is 5.91. The van der Waals surface area contributed by atoms with Crippen LogP contribution in [0.5, 0.6) is 0 Å². The van der Waals surface area contributed by atoms with Gasteiger partial charge >= 0.3 is 5.63 Å². The molecular formula is C15H10FNO2. The lowest BCUT2D eigenvalue weighted by Crippen LogP contribution is -2.01. The van der Waals surface area contributed by atoms with Gasteiger partial charge in [0.15, 0.2) is 0 Å². The van der Waals surface area contributed by atoms with Crippen molar-refractivity contribution in [3.63, 3.8) is 0 Å². The van der Waals surface area contributed by atoms with Gasteiger partial charge in [0.05, 0.1) is 5.69 Å². The van der Waals surface area contributed by atoms with E-state index in [0.29, 0.717) is 16.7 Å². The summed E-state index contributed by atoms with van der Waals surface area (Å²) in [4.78, 5) is 11.5. The van der Waals surface area contributed by atoms with Gasteiger partial charge in [-0.15, -0.1) is 0 Å². The van der Waals surface area contributed by atoms with Gasteiger partial charge in [0.1, 0.15) is 11.4 Å². The van der Waals surface area contributed by atoms with Gasteiger partial charge in [-0.1, -0.05) is 18.2 Å². The molecule has 94 valence electrons. The molecule has 0 saturated heterocycles. The minimum Gasteiger partial charge on any atom is -0.423 e. The van der Waals surface area contributed by atoms with Crippen LogP contribution in [0.1, 0.15) is 0 Å². The van der Waals surface area contributed by atoms with Gasteiger partial charge in [-0.2, -0.15) is 0 Å². The third-order valence-corrected chi connectivity index (χ3v) is 2.76. The Kier molecular flexibility index (Phi) is 2.76. The molecule has 0 aliphatic rings. The number of hydrogen-bond donors (Lipinski definition) is 1. The number of rotatable bonds is 2. The van der Waals surface area contributed by atoms with Gasteiger partial charge < -0.3 is 9.73 Å². The summed E-state index contributed by atoms with van der Waals surface area (Å²) in [5, 5.41) is 3.62. The summed E-state index contributed by atoms with van der Waals surface area (Å²) < 4.78 is 18.3. The molecule has 0 saturated carbocycles. The minimum absolute atomic E-state index is 0.354. The highest BCUT2D eigenvalue weighted by Gasteiger charge is 2.06. The first kappa shape index (κ1) is 11.5. The van der Waals surface area contributed by atoms with Gasteiger partial charge in [-0.25, -0.2) is 9.18 Å². The van der Waals surface area contributed by atoms with Crippen molar-refractivity contribution in [1.29, 1.82) is 0 Å². The van der Waals surface area contributed by atoms with Crippen molar-refractivity contribution < 1.29 is 8.81 Å². The standard InChI is InChI=1S/C15H10FNO2/c16-10-6-7-14-12(8-10)13(9-15(18)19-14)17-11-4-2-1-3-5-11/h1-9,17H. The molecule has 0 bridgehead atoms. The van der Waals surface area contributed by atoms with E-state index < -0.39 is 5.63 Å². The molecule has 0 aliphatic carbocycles. The lowest BCUT2D eigenvalue weighted by atomic mass is 10.2. The highest BCUT2D eigenvalue weighted by atomic mass is 19.1. The van der Waals surface area contributed by atoms with Gasteiger partial charge in [-0.3, -0.25) is 0 Å². The van der Waals surface area contributed by atoms with E-state index in [1.54, 1.807) is 0 Å². The molecule has 0 radical (unpaired) electrons. The second-order valence-electron chi connectivity index (χ2n) is 4.11. The van der Waals surface area contributed by atoms with Crippen molar-refractivity contribution in [2.24, 2.45) is 0 Å². The molecule has 1 heterocycles. The Morgan fingerprint density at radius 3 is 2.58 bits per heavy atom. The average molecular weight is 255 g/mol. The summed E-state index contributed by atoms with van der Waals surface area (Å²) in [5.41, 5.74) is 1.22. The van der Waals surface area contributed by atoms with E-state index in [0.717, 1.165) is 5.69 Å². The second kappa shape index (κ2) is 4.57. The third-order valence-electron chi connectivity index (χ3n) is 2.76. The smallest absolute Gasteiger partial charge is 0.338 e. The van der Waals surface area contributed by atoms with Gasteiger partial charge in [-0.05, 0) is 30.3 Å². The normalized spacial score (nSPS) is 10.6. The van der Waals surface area contributed by atoms with E-state index in [4.69, 9.17) is 4.42 Å². The van der Waals surface area contributed by atoms with Crippen molar-refractivity contribution in [2.75, 3.05) is 5.32 Å². The monoisotopic (exact) mass is 255 g/mol. The zero-order valence-electron chi connectivity index (χ0n) is 9.89. The zero-order valence-corrected chi connectivity index (χ0v) is 9.89. The number of para-hydroxylation sites is 1. The highest BCUT2D eigenvalue weighted by Crippen LogP contribution is 2.25. The van der Waals surface area contributed by atoms with Crippen LogP contribution in [0.25, 0.3) is 11.0 Å². The Labute approximate surface area is 108 Å². The van der Waals surface area contributed by atoms with Crippen LogP contribution in [0.4, 0.5) is 15.8 Å². The number of benzene rings is 2. The minimum atomic E-state index is -0.475. The van der Waals surface area contributed by atoms with E-state index in [-0.39, 0.29) is 5.82 Å². The predicted octanol–water partition coefficient (Wildman–Crippen LogP) is 3.68. The molecule has 0 unspecified atom stereocenters. The van der Waals surface area contributed by atoms with Crippen LogP contribution in [0.15, 0.2) is 63.8 Å². The van der Waals surface area contributed by atoms with Crippen LogP contribution < -0.4 is 10.9 Å². The van der Waals surface area contributed by atoms with Crippen molar-refractivity contribution in [3.8, 4) is 0 Å². The first-order chi connectivity index (χ1) is 9.22. The molecule has 0 fully saturated rings. The van der Waals surface area contributed by atoms with Crippen molar-refractivity contribution in [1.82, 2.24) is 0 Å². The van der Waals surface area contributed by atoms with Gasteiger partial charge in [0.2, 0.25) is 0 Å². The third kappa shape index (κ3) is 2.33. The fourth-order valence-electron chi connectivity index (χ4n) is 1.92. The molecule has 3 rings (SSSR count). The fourth-order valence-corrected chi connectivity index (χ4v) is 1.92. The fraction of sp³-hybridized carbons (Fsp3) is 0. The average Bonchev–Trinajstić information content (AvgIpc) is 2.41. The van der Waals surface area contributed by atoms with Gasteiger partial charge in [0.25, 0.3) is 0 Å². The quantitative estimate of drug-likeness (QED) is 0.710. The lowest BCUT2D eigenvalue weighted by Gasteiger charge is -2.08. The van der Waals surface area contributed by atoms with Crippen molar-refractivity contribution in [3.05, 3.63) is 70.8 Å². The first-order valence-corrected chi connectivity index (χ1v) is 5.78. The Morgan fingerprint density at radius 1 is 1.00 bits per heavy atom. The van der Waals surface area contributed by atoms with Crippen LogP contribution in [0, 0.1) is 5.82 Å². The van der Waals surface area contributed by atoms with Crippen molar-refractivity contribution >= 4 is 22.3 Å². The van der Waals surface area contributed by atoms with Crippen LogP contribution in [-0.2, 0) is 0 Å². The summed E-state index contributed by atoms with van der Waals surface area (Å²) in [7, 11) is 0. The van der Waals surface area contributed by atoms with E-state index in [2.05, 4.69) is 5.32 Å². The molecule has 0 spiro atoms. The Morgan fingerprint density at radius 2 is 1.79 bits per heavy atom. The van der Waals surface area contributed by atoms with E-state index in [1.807, 2.05) is 30.3 Å². The van der Waals surface area contributed by atoms with Gasteiger partial charge in [0, 0.05) is 17.1 Å². The Balaban J connectivity index is 2.17. The molecule has 3 aromatic rings. The Hall–Kier alpha value is -2.62. The largest absolute Gasteiger partial charge is 0.423 e. The summed E-state index contributed by atoms with van der Waals surface area (Å²) in [6.45, 7) is 0. The predicted molar refractivity (Wildman–Crippen MR) is 72.2 cm³/mol. The number of anilines is 2. The van der Waals surface area contributed by atoms with Crippen LogP contribution >= 0.6 is 0 Å². The molecule has 1 N–H and O–H groups in total. The van der Waals surface area contributed by atoms with Crippen LogP contribution in [0.3, 0.4) is 0 Å². The maximum absolute atomic E-state index is 13.3. The number of halogens is 1. The molecule has 19 heavy (non-hydrogen) atoms. The maximum Gasteiger partial charge on any atom is 0.338 e. The lowest BCUT2D eigenvalue weighted by molar-refractivity contribution is 0.559. The zero-order chi connectivity index (χ0) is 13.2. The SMILES string of the molecule is O=c1cc(Nc2ccccc2)c2cc(F)ccc2o1. The number of fused-ring (bicyclic) bond motifs is 1. The van der Waals surface area contributed by atoms with Crippen molar-refractivity contribution in [2.45, 2.75) is 0 Å². The summed E-state index contributed by atoms with van der Waals surface area (Å²) >= 11 is 0. The van der Waals surface area contributed by atoms with E-state index in [9.17, 15) is 9.18 Å². The molecule has 0 amide bonds. The topological polar surface area (TPSA) is 42.2 Å². The molecule has 4 heteroatoms. The van der Waals surface area contributed by atoms with E-state index >= 15 is 0 Å². The molecule has 2 aromatic carbocycles. The molecule has 0 aliphatic heterocycles. The van der Waals surface area contributed by atoms with Crippen LogP contribution in [-0.4, -0.2) is 0 Å².